The van der Waals surface area contributed by atoms with Gasteiger partial charge in [-0.25, -0.2) is 4.98 Å². The second kappa shape index (κ2) is 5.14. The SMILES string of the molecule is Cc1nnc(Sc2ccccn2)c(C(=N)N)c1C. The molecule has 0 aliphatic rings. The molecular formula is C12H13N5S. The van der Waals surface area contributed by atoms with Gasteiger partial charge in [-0.05, 0) is 43.3 Å². The molecule has 6 heteroatoms. The summed E-state index contributed by atoms with van der Waals surface area (Å²) in [4.78, 5) is 4.21. The Bertz CT molecular complexity index is 583. The number of rotatable bonds is 3. The first-order chi connectivity index (χ1) is 8.59. The van der Waals surface area contributed by atoms with Gasteiger partial charge in [-0.3, -0.25) is 5.41 Å². The summed E-state index contributed by atoms with van der Waals surface area (Å²) in [6.07, 6.45) is 1.71. The Morgan fingerprint density at radius 2 is 2.06 bits per heavy atom. The van der Waals surface area contributed by atoms with E-state index in [1.54, 1.807) is 6.20 Å². The van der Waals surface area contributed by atoms with Gasteiger partial charge in [0.1, 0.15) is 15.9 Å². The number of nitrogens with zero attached hydrogens (tertiary/aromatic N) is 3. The molecule has 0 fully saturated rings. The minimum absolute atomic E-state index is 0.00364. The smallest absolute Gasteiger partial charge is 0.136 e. The number of hydrogen-bond donors (Lipinski definition) is 2. The van der Waals surface area contributed by atoms with E-state index in [0.29, 0.717) is 10.6 Å². The predicted octanol–water partition coefficient (Wildman–Crippen LogP) is 1.92. The summed E-state index contributed by atoms with van der Waals surface area (Å²) in [5, 5.41) is 17.2. The van der Waals surface area contributed by atoms with Gasteiger partial charge in [-0.1, -0.05) is 6.07 Å². The molecule has 0 spiro atoms. The number of aryl methyl sites for hydroxylation is 1. The largest absolute Gasteiger partial charge is 0.384 e. The maximum absolute atomic E-state index is 7.66. The Morgan fingerprint density at radius 1 is 1.28 bits per heavy atom. The zero-order valence-corrected chi connectivity index (χ0v) is 11.0. The Kier molecular flexibility index (Phi) is 3.57. The molecule has 0 amide bonds. The second-order valence-corrected chi connectivity index (χ2v) is 4.78. The van der Waals surface area contributed by atoms with Gasteiger partial charge < -0.3 is 5.73 Å². The van der Waals surface area contributed by atoms with Crippen LogP contribution in [0.1, 0.15) is 16.8 Å². The van der Waals surface area contributed by atoms with Gasteiger partial charge in [0, 0.05) is 6.20 Å². The lowest BCUT2D eigenvalue weighted by molar-refractivity contribution is 0.871. The standard InChI is InChI=1S/C12H13N5S/c1-7-8(2)16-17-12(10(7)11(13)14)18-9-5-3-4-6-15-9/h3-6H,1-2H3,(H3,13,14). The summed E-state index contributed by atoms with van der Waals surface area (Å²) in [6.45, 7) is 3.74. The summed E-state index contributed by atoms with van der Waals surface area (Å²) in [6, 6.07) is 5.63. The van der Waals surface area contributed by atoms with Crippen LogP contribution in [-0.2, 0) is 0 Å². The van der Waals surface area contributed by atoms with Crippen molar-refractivity contribution in [2.75, 3.05) is 0 Å². The fourth-order valence-electron chi connectivity index (χ4n) is 1.48. The summed E-state index contributed by atoms with van der Waals surface area (Å²) in [7, 11) is 0. The van der Waals surface area contributed by atoms with Crippen LogP contribution >= 0.6 is 11.8 Å². The van der Waals surface area contributed by atoms with Crippen molar-refractivity contribution in [1.29, 1.82) is 5.41 Å². The molecule has 0 aliphatic heterocycles. The number of nitrogens with two attached hydrogens (primary N) is 1. The molecule has 0 bridgehead atoms. The average molecular weight is 259 g/mol. The third-order valence-electron chi connectivity index (χ3n) is 2.53. The molecule has 0 atom stereocenters. The van der Waals surface area contributed by atoms with Gasteiger partial charge in [0.15, 0.2) is 0 Å². The Hall–Kier alpha value is -1.95. The topological polar surface area (TPSA) is 88.5 Å². The second-order valence-electron chi connectivity index (χ2n) is 3.77. The van der Waals surface area contributed by atoms with Crippen LogP contribution in [0.5, 0.6) is 0 Å². The van der Waals surface area contributed by atoms with Crippen molar-refractivity contribution in [3.63, 3.8) is 0 Å². The molecule has 2 heterocycles. The van der Waals surface area contributed by atoms with Crippen LogP contribution < -0.4 is 5.73 Å². The summed E-state index contributed by atoms with van der Waals surface area (Å²) >= 11 is 1.36. The number of aromatic nitrogens is 3. The summed E-state index contributed by atoms with van der Waals surface area (Å²) in [5.41, 5.74) is 7.92. The molecule has 0 aliphatic carbocycles. The van der Waals surface area contributed by atoms with Crippen LogP contribution in [0.15, 0.2) is 34.4 Å². The van der Waals surface area contributed by atoms with Crippen molar-refractivity contribution in [3.8, 4) is 0 Å². The van der Waals surface area contributed by atoms with Crippen molar-refractivity contribution < 1.29 is 0 Å². The third-order valence-corrected chi connectivity index (χ3v) is 3.46. The zero-order chi connectivity index (χ0) is 13.1. The summed E-state index contributed by atoms with van der Waals surface area (Å²) in [5.74, 6) is 0.00364. The Labute approximate surface area is 109 Å². The van der Waals surface area contributed by atoms with E-state index in [0.717, 1.165) is 16.3 Å². The lowest BCUT2D eigenvalue weighted by Crippen LogP contribution is -2.16. The van der Waals surface area contributed by atoms with Crippen LogP contribution in [-0.4, -0.2) is 21.0 Å². The van der Waals surface area contributed by atoms with E-state index in [9.17, 15) is 0 Å². The Morgan fingerprint density at radius 3 is 2.67 bits per heavy atom. The summed E-state index contributed by atoms with van der Waals surface area (Å²) < 4.78 is 0. The first kappa shape index (κ1) is 12.5. The normalized spacial score (nSPS) is 10.3. The van der Waals surface area contributed by atoms with Gasteiger partial charge in [0.05, 0.1) is 11.3 Å². The lowest BCUT2D eigenvalue weighted by Gasteiger charge is -2.10. The number of amidine groups is 1. The van der Waals surface area contributed by atoms with Crippen molar-refractivity contribution in [2.45, 2.75) is 23.9 Å². The fourth-order valence-corrected chi connectivity index (χ4v) is 2.39. The minimum Gasteiger partial charge on any atom is -0.384 e. The monoisotopic (exact) mass is 259 g/mol. The molecule has 0 saturated heterocycles. The van der Waals surface area contributed by atoms with Crippen LogP contribution in [0.25, 0.3) is 0 Å². The van der Waals surface area contributed by atoms with E-state index >= 15 is 0 Å². The molecule has 92 valence electrons. The number of nitrogens with one attached hydrogen (secondary N) is 1. The quantitative estimate of drug-likeness (QED) is 0.649. The highest BCUT2D eigenvalue weighted by Gasteiger charge is 2.15. The molecule has 0 unspecified atom stereocenters. The predicted molar refractivity (Wildman–Crippen MR) is 70.9 cm³/mol. The zero-order valence-electron chi connectivity index (χ0n) is 10.1. The molecule has 0 aromatic carbocycles. The first-order valence-electron chi connectivity index (χ1n) is 5.36. The molecule has 18 heavy (non-hydrogen) atoms. The van der Waals surface area contributed by atoms with Crippen LogP contribution in [0, 0.1) is 19.3 Å². The minimum atomic E-state index is 0.00364. The molecule has 0 radical (unpaired) electrons. The van der Waals surface area contributed by atoms with E-state index in [1.165, 1.54) is 11.8 Å². The van der Waals surface area contributed by atoms with E-state index in [4.69, 9.17) is 11.1 Å². The van der Waals surface area contributed by atoms with Gasteiger partial charge in [0.25, 0.3) is 0 Å². The highest BCUT2D eigenvalue weighted by Crippen LogP contribution is 2.28. The molecule has 3 N–H and O–H groups in total. The first-order valence-corrected chi connectivity index (χ1v) is 6.18. The maximum atomic E-state index is 7.66. The molecule has 0 saturated carbocycles. The maximum Gasteiger partial charge on any atom is 0.136 e. The molecule has 2 rings (SSSR count). The van der Waals surface area contributed by atoms with Crippen molar-refractivity contribution >= 4 is 17.6 Å². The van der Waals surface area contributed by atoms with Gasteiger partial charge in [-0.2, -0.15) is 5.10 Å². The van der Waals surface area contributed by atoms with Gasteiger partial charge in [0.2, 0.25) is 0 Å². The Balaban J connectivity index is 2.45. The fraction of sp³-hybridized carbons (Fsp3) is 0.167. The van der Waals surface area contributed by atoms with Crippen molar-refractivity contribution in [2.24, 2.45) is 5.73 Å². The van der Waals surface area contributed by atoms with Gasteiger partial charge >= 0.3 is 0 Å². The van der Waals surface area contributed by atoms with E-state index < -0.39 is 0 Å². The molecule has 2 aromatic heterocycles. The highest BCUT2D eigenvalue weighted by atomic mass is 32.2. The van der Waals surface area contributed by atoms with Crippen molar-refractivity contribution in [3.05, 3.63) is 41.2 Å². The van der Waals surface area contributed by atoms with Crippen molar-refractivity contribution in [1.82, 2.24) is 15.2 Å². The van der Waals surface area contributed by atoms with Gasteiger partial charge in [-0.15, -0.1) is 5.10 Å². The lowest BCUT2D eigenvalue weighted by atomic mass is 10.1. The molecule has 5 nitrogen and oxygen atoms in total. The van der Waals surface area contributed by atoms with Crippen LogP contribution in [0.3, 0.4) is 0 Å². The number of nitrogen functional groups attached to an aromatic ring is 1. The number of pyridine rings is 1. The third kappa shape index (κ3) is 2.48. The highest BCUT2D eigenvalue weighted by molar-refractivity contribution is 7.99. The molecule has 2 aromatic rings. The van der Waals surface area contributed by atoms with E-state index in [2.05, 4.69) is 15.2 Å². The van der Waals surface area contributed by atoms with Crippen LogP contribution in [0.4, 0.5) is 0 Å². The van der Waals surface area contributed by atoms with E-state index in [1.807, 2.05) is 32.0 Å². The average Bonchev–Trinajstić information content (AvgIpc) is 2.35. The van der Waals surface area contributed by atoms with E-state index in [-0.39, 0.29) is 5.84 Å². The van der Waals surface area contributed by atoms with Crippen LogP contribution in [0.2, 0.25) is 0 Å². The number of hydrogen-bond acceptors (Lipinski definition) is 5. The molecular weight excluding hydrogens is 246 g/mol.